The molecular weight excluding hydrogens is 326 g/mol. The first-order valence-electron chi connectivity index (χ1n) is 9.11. The summed E-state index contributed by atoms with van der Waals surface area (Å²) in [6, 6.07) is 10.2. The molecule has 6 nitrogen and oxygen atoms in total. The second-order valence-electron chi connectivity index (χ2n) is 7.08. The molecule has 2 aromatic rings. The monoisotopic (exact) mass is 353 g/mol. The van der Waals surface area contributed by atoms with Gasteiger partial charge in [-0.05, 0) is 30.9 Å². The maximum Gasteiger partial charge on any atom is 0.224 e. The first kappa shape index (κ1) is 18.2. The molecule has 1 aliphatic rings. The van der Waals surface area contributed by atoms with Crippen LogP contribution < -0.4 is 15.1 Å². The van der Waals surface area contributed by atoms with E-state index < -0.39 is 0 Å². The van der Waals surface area contributed by atoms with Crippen molar-refractivity contribution >= 4 is 17.5 Å². The SMILES string of the molecule is Cc1ccccc1CC(=O)N[C@@H]1CCCN(c2cc(N(C)C)ncn2)C1. The number of hydrogen-bond donors (Lipinski definition) is 1. The van der Waals surface area contributed by atoms with Crippen LogP contribution in [0.2, 0.25) is 0 Å². The third-order valence-corrected chi connectivity index (χ3v) is 4.82. The number of amides is 1. The maximum atomic E-state index is 12.5. The van der Waals surface area contributed by atoms with Gasteiger partial charge in [-0.1, -0.05) is 24.3 Å². The zero-order chi connectivity index (χ0) is 18.5. The zero-order valence-corrected chi connectivity index (χ0v) is 15.8. The van der Waals surface area contributed by atoms with Crippen molar-refractivity contribution < 1.29 is 4.79 Å². The van der Waals surface area contributed by atoms with Gasteiger partial charge in [-0.3, -0.25) is 4.79 Å². The minimum absolute atomic E-state index is 0.0859. The standard InChI is InChI=1S/C20H27N5O/c1-15-7-4-5-8-16(15)11-20(26)23-17-9-6-10-25(13-17)19-12-18(24(2)3)21-14-22-19/h4-5,7-8,12,14,17H,6,9-11,13H2,1-3H3,(H,23,26)/t17-/m1/s1. The first-order valence-corrected chi connectivity index (χ1v) is 9.11. The van der Waals surface area contributed by atoms with E-state index in [0.717, 1.165) is 48.7 Å². The molecule has 26 heavy (non-hydrogen) atoms. The number of nitrogens with one attached hydrogen (secondary N) is 1. The number of anilines is 2. The molecule has 1 fully saturated rings. The van der Waals surface area contributed by atoms with Gasteiger partial charge in [0, 0.05) is 39.3 Å². The first-order chi connectivity index (χ1) is 12.5. The molecule has 138 valence electrons. The minimum atomic E-state index is 0.0859. The summed E-state index contributed by atoms with van der Waals surface area (Å²) in [5.41, 5.74) is 2.24. The van der Waals surface area contributed by atoms with Gasteiger partial charge in [0.15, 0.2) is 0 Å². The summed E-state index contributed by atoms with van der Waals surface area (Å²) in [6.45, 7) is 3.78. The highest BCUT2D eigenvalue weighted by Crippen LogP contribution is 2.20. The van der Waals surface area contributed by atoms with Crippen LogP contribution in [0.15, 0.2) is 36.7 Å². The summed E-state index contributed by atoms with van der Waals surface area (Å²) >= 11 is 0. The molecule has 1 atom stereocenters. The van der Waals surface area contributed by atoms with Gasteiger partial charge in [0.1, 0.15) is 18.0 Å². The van der Waals surface area contributed by atoms with Crippen LogP contribution in [-0.4, -0.2) is 49.1 Å². The number of aromatic nitrogens is 2. The predicted molar refractivity (Wildman–Crippen MR) is 105 cm³/mol. The van der Waals surface area contributed by atoms with Gasteiger partial charge < -0.3 is 15.1 Å². The molecule has 1 saturated heterocycles. The van der Waals surface area contributed by atoms with Crippen molar-refractivity contribution in [3.05, 3.63) is 47.8 Å². The summed E-state index contributed by atoms with van der Waals surface area (Å²) in [6.07, 6.45) is 4.07. The summed E-state index contributed by atoms with van der Waals surface area (Å²) in [4.78, 5) is 25.3. The number of aryl methyl sites for hydroxylation is 1. The predicted octanol–water partition coefficient (Wildman–Crippen LogP) is 2.18. The maximum absolute atomic E-state index is 12.5. The fourth-order valence-corrected chi connectivity index (χ4v) is 3.32. The Labute approximate surface area is 155 Å². The van der Waals surface area contributed by atoms with Gasteiger partial charge in [-0.15, -0.1) is 0 Å². The van der Waals surface area contributed by atoms with E-state index in [1.807, 2.05) is 56.3 Å². The molecule has 0 saturated carbocycles. The molecule has 0 unspecified atom stereocenters. The number of carbonyl (C=O) groups excluding carboxylic acids is 1. The van der Waals surface area contributed by atoms with Crippen LogP contribution >= 0.6 is 0 Å². The summed E-state index contributed by atoms with van der Waals surface area (Å²) in [7, 11) is 3.94. The van der Waals surface area contributed by atoms with Crippen LogP contribution in [0.25, 0.3) is 0 Å². The highest BCUT2D eigenvalue weighted by atomic mass is 16.1. The lowest BCUT2D eigenvalue weighted by Gasteiger charge is -2.34. The van der Waals surface area contributed by atoms with Gasteiger partial charge in [0.05, 0.1) is 6.42 Å². The van der Waals surface area contributed by atoms with E-state index in [9.17, 15) is 4.79 Å². The van der Waals surface area contributed by atoms with Gasteiger partial charge in [-0.25, -0.2) is 9.97 Å². The molecule has 1 N–H and O–H groups in total. The third kappa shape index (κ3) is 4.50. The normalized spacial score (nSPS) is 17.0. The Morgan fingerprint density at radius 3 is 2.88 bits per heavy atom. The van der Waals surface area contributed by atoms with Gasteiger partial charge in [-0.2, -0.15) is 0 Å². The lowest BCUT2D eigenvalue weighted by Crippen LogP contribution is -2.48. The van der Waals surface area contributed by atoms with E-state index in [2.05, 4.69) is 20.2 Å². The molecule has 1 aromatic carbocycles. The summed E-state index contributed by atoms with van der Waals surface area (Å²) in [5.74, 6) is 1.89. The topological polar surface area (TPSA) is 61.4 Å². The molecule has 6 heteroatoms. The number of carbonyl (C=O) groups is 1. The molecule has 0 bridgehead atoms. The average Bonchev–Trinajstić information content (AvgIpc) is 2.64. The molecule has 1 aliphatic heterocycles. The van der Waals surface area contributed by atoms with E-state index in [1.165, 1.54) is 0 Å². The van der Waals surface area contributed by atoms with Crippen LogP contribution in [0.3, 0.4) is 0 Å². The summed E-state index contributed by atoms with van der Waals surface area (Å²) in [5, 5.41) is 3.20. The van der Waals surface area contributed by atoms with Gasteiger partial charge >= 0.3 is 0 Å². The molecule has 0 radical (unpaired) electrons. The van der Waals surface area contributed by atoms with Crippen LogP contribution in [0.4, 0.5) is 11.6 Å². The quantitative estimate of drug-likeness (QED) is 0.893. The van der Waals surface area contributed by atoms with E-state index in [0.29, 0.717) is 6.42 Å². The molecule has 0 aliphatic carbocycles. The minimum Gasteiger partial charge on any atom is -0.363 e. The smallest absolute Gasteiger partial charge is 0.224 e. The van der Waals surface area contributed by atoms with E-state index in [-0.39, 0.29) is 11.9 Å². The second-order valence-corrected chi connectivity index (χ2v) is 7.08. The molecule has 2 heterocycles. The van der Waals surface area contributed by atoms with Gasteiger partial charge in [0.25, 0.3) is 0 Å². The lowest BCUT2D eigenvalue weighted by atomic mass is 10.0. The van der Waals surface area contributed by atoms with Crippen LogP contribution in [0.1, 0.15) is 24.0 Å². The third-order valence-electron chi connectivity index (χ3n) is 4.82. The van der Waals surface area contributed by atoms with Crippen LogP contribution in [0.5, 0.6) is 0 Å². The fraction of sp³-hybridized carbons (Fsp3) is 0.450. The van der Waals surface area contributed by atoms with E-state index >= 15 is 0 Å². The van der Waals surface area contributed by atoms with Crippen molar-refractivity contribution in [1.82, 2.24) is 15.3 Å². The van der Waals surface area contributed by atoms with Crippen molar-refractivity contribution in [3.63, 3.8) is 0 Å². The molecule has 0 spiro atoms. The van der Waals surface area contributed by atoms with E-state index in [4.69, 9.17) is 0 Å². The van der Waals surface area contributed by atoms with Crippen molar-refractivity contribution in [2.45, 2.75) is 32.2 Å². The lowest BCUT2D eigenvalue weighted by molar-refractivity contribution is -0.121. The molecule has 1 amide bonds. The van der Waals surface area contributed by atoms with Crippen molar-refractivity contribution in [1.29, 1.82) is 0 Å². The number of hydrogen-bond acceptors (Lipinski definition) is 5. The Bertz CT molecular complexity index is 761. The zero-order valence-electron chi connectivity index (χ0n) is 15.8. The van der Waals surface area contributed by atoms with Gasteiger partial charge in [0.2, 0.25) is 5.91 Å². The summed E-state index contributed by atoms with van der Waals surface area (Å²) < 4.78 is 0. The van der Waals surface area contributed by atoms with Crippen molar-refractivity contribution in [3.8, 4) is 0 Å². The number of nitrogens with zero attached hydrogens (tertiary/aromatic N) is 4. The Morgan fingerprint density at radius 1 is 1.31 bits per heavy atom. The number of rotatable bonds is 5. The Balaban J connectivity index is 1.61. The van der Waals surface area contributed by atoms with Crippen LogP contribution in [-0.2, 0) is 11.2 Å². The molecular formula is C20H27N5O. The largest absolute Gasteiger partial charge is 0.363 e. The Kier molecular flexibility index (Phi) is 5.71. The molecule has 3 rings (SSSR count). The van der Waals surface area contributed by atoms with Crippen molar-refractivity contribution in [2.75, 3.05) is 37.0 Å². The highest BCUT2D eigenvalue weighted by Gasteiger charge is 2.23. The number of benzene rings is 1. The Hall–Kier alpha value is -2.63. The molecule has 1 aromatic heterocycles. The van der Waals surface area contributed by atoms with E-state index in [1.54, 1.807) is 6.33 Å². The highest BCUT2D eigenvalue weighted by molar-refractivity contribution is 5.79. The van der Waals surface area contributed by atoms with Crippen molar-refractivity contribution in [2.24, 2.45) is 0 Å². The Morgan fingerprint density at radius 2 is 2.12 bits per heavy atom. The second kappa shape index (κ2) is 8.17. The number of piperidine rings is 1. The fourth-order valence-electron chi connectivity index (χ4n) is 3.32. The van der Waals surface area contributed by atoms with Crippen LogP contribution in [0, 0.1) is 6.92 Å². The average molecular weight is 353 g/mol.